The van der Waals surface area contributed by atoms with Gasteiger partial charge in [-0.2, -0.15) is 0 Å². The number of ether oxygens (including phenoxy) is 2. The third-order valence-electron chi connectivity index (χ3n) is 3.83. The van der Waals surface area contributed by atoms with E-state index in [9.17, 15) is 9.59 Å². The summed E-state index contributed by atoms with van der Waals surface area (Å²) in [7, 11) is 1.32. The molecule has 0 radical (unpaired) electrons. The van der Waals surface area contributed by atoms with Gasteiger partial charge in [0.2, 0.25) is 0 Å². The summed E-state index contributed by atoms with van der Waals surface area (Å²) in [5, 5.41) is 0. The second-order valence-corrected chi connectivity index (χ2v) is 5.66. The molecule has 1 aromatic carbocycles. The number of cyclic esters (lactones) is 1. The highest BCUT2D eigenvalue weighted by Crippen LogP contribution is 2.40. The smallest absolute Gasteiger partial charge is 0.356 e. The van der Waals surface area contributed by atoms with Gasteiger partial charge < -0.3 is 14.0 Å². The van der Waals surface area contributed by atoms with Gasteiger partial charge in [-0.1, -0.05) is 18.2 Å². The number of imidazole rings is 1. The molecule has 0 fully saturated rings. The molecule has 114 valence electrons. The van der Waals surface area contributed by atoms with E-state index >= 15 is 0 Å². The molecule has 1 atom stereocenters. The van der Waals surface area contributed by atoms with E-state index in [1.807, 2.05) is 26.0 Å². The van der Waals surface area contributed by atoms with Crippen LogP contribution in [0.2, 0.25) is 0 Å². The number of esters is 2. The molecule has 0 unspecified atom stereocenters. The van der Waals surface area contributed by atoms with Crippen molar-refractivity contribution >= 4 is 11.9 Å². The van der Waals surface area contributed by atoms with Crippen molar-refractivity contribution in [1.82, 2.24) is 9.55 Å². The van der Waals surface area contributed by atoms with Gasteiger partial charge in [-0.25, -0.2) is 14.6 Å². The van der Waals surface area contributed by atoms with Gasteiger partial charge in [0.25, 0.3) is 0 Å². The van der Waals surface area contributed by atoms with Crippen LogP contribution < -0.4 is 0 Å². The van der Waals surface area contributed by atoms with Crippen LogP contribution >= 0.6 is 0 Å². The van der Waals surface area contributed by atoms with Crippen molar-refractivity contribution in [2.24, 2.45) is 0 Å². The maximum atomic E-state index is 12.2. The van der Waals surface area contributed by atoms with Crippen molar-refractivity contribution in [2.75, 3.05) is 7.11 Å². The lowest BCUT2D eigenvalue weighted by Gasteiger charge is -2.40. The molecular formula is C16H16N2O4. The van der Waals surface area contributed by atoms with E-state index < -0.39 is 11.6 Å². The SMILES string of the molecule is COC(=O)c1cncn1[C@H]1c2ccccc2C(=O)OC1(C)C. The number of methoxy groups -OCH3 is 1. The summed E-state index contributed by atoms with van der Waals surface area (Å²) in [5.41, 5.74) is 0.783. The predicted molar refractivity (Wildman–Crippen MR) is 77.6 cm³/mol. The van der Waals surface area contributed by atoms with Crippen LogP contribution in [0.25, 0.3) is 0 Å². The molecule has 6 nitrogen and oxygen atoms in total. The Morgan fingerprint density at radius 2 is 2.09 bits per heavy atom. The Morgan fingerprint density at radius 3 is 2.82 bits per heavy atom. The summed E-state index contributed by atoms with van der Waals surface area (Å²) in [4.78, 5) is 28.1. The lowest BCUT2D eigenvalue weighted by Crippen LogP contribution is -2.44. The van der Waals surface area contributed by atoms with Gasteiger partial charge in [-0.15, -0.1) is 0 Å². The summed E-state index contributed by atoms with van der Waals surface area (Å²) in [5.74, 6) is -0.848. The summed E-state index contributed by atoms with van der Waals surface area (Å²) < 4.78 is 12.1. The van der Waals surface area contributed by atoms with Gasteiger partial charge in [-0.05, 0) is 25.5 Å². The Labute approximate surface area is 127 Å². The first kappa shape index (κ1) is 14.3. The number of carbonyl (C=O) groups excluding carboxylic acids is 2. The summed E-state index contributed by atoms with van der Waals surface area (Å²) in [6.07, 6.45) is 3.00. The molecule has 2 heterocycles. The molecule has 0 spiro atoms. The van der Waals surface area contributed by atoms with E-state index in [4.69, 9.17) is 9.47 Å². The first-order valence-electron chi connectivity index (χ1n) is 6.88. The molecule has 0 bridgehead atoms. The Hall–Kier alpha value is -2.63. The van der Waals surface area contributed by atoms with Crippen LogP contribution in [0, 0.1) is 0 Å². The number of carbonyl (C=O) groups is 2. The normalized spacial score (nSPS) is 19.2. The van der Waals surface area contributed by atoms with Crippen molar-refractivity contribution in [3.05, 3.63) is 53.6 Å². The molecule has 0 saturated heterocycles. The van der Waals surface area contributed by atoms with Gasteiger partial charge in [0.1, 0.15) is 17.3 Å². The van der Waals surface area contributed by atoms with Crippen molar-refractivity contribution in [3.63, 3.8) is 0 Å². The van der Waals surface area contributed by atoms with E-state index in [0.29, 0.717) is 11.3 Å². The maximum Gasteiger partial charge on any atom is 0.356 e. The zero-order valence-electron chi connectivity index (χ0n) is 12.6. The Bertz CT molecular complexity index is 748. The molecule has 1 aliphatic heterocycles. The number of nitrogens with zero attached hydrogens (tertiary/aromatic N) is 2. The number of rotatable bonds is 2. The molecular weight excluding hydrogens is 284 g/mol. The van der Waals surface area contributed by atoms with Gasteiger partial charge >= 0.3 is 11.9 Å². The lowest BCUT2D eigenvalue weighted by atomic mass is 9.85. The summed E-state index contributed by atoms with van der Waals surface area (Å²) in [6, 6.07) is 6.86. The predicted octanol–water partition coefficient (Wildman–Crippen LogP) is 2.21. The quantitative estimate of drug-likeness (QED) is 0.795. The first-order chi connectivity index (χ1) is 10.5. The Balaban J connectivity index is 2.21. The fraction of sp³-hybridized carbons (Fsp3) is 0.312. The molecule has 0 saturated carbocycles. The van der Waals surface area contributed by atoms with E-state index in [-0.39, 0.29) is 12.0 Å². The summed E-state index contributed by atoms with van der Waals surface area (Å²) in [6.45, 7) is 3.62. The van der Waals surface area contributed by atoms with Crippen molar-refractivity contribution in [2.45, 2.75) is 25.5 Å². The van der Waals surface area contributed by atoms with Gasteiger partial charge in [0.05, 0.1) is 25.2 Å². The Morgan fingerprint density at radius 1 is 1.36 bits per heavy atom. The van der Waals surface area contributed by atoms with E-state index in [1.165, 1.54) is 13.3 Å². The van der Waals surface area contributed by atoms with Crippen LogP contribution in [0.4, 0.5) is 0 Å². The molecule has 0 N–H and O–H groups in total. The summed E-state index contributed by atoms with van der Waals surface area (Å²) >= 11 is 0. The highest BCUT2D eigenvalue weighted by atomic mass is 16.6. The first-order valence-corrected chi connectivity index (χ1v) is 6.88. The second-order valence-electron chi connectivity index (χ2n) is 5.66. The highest BCUT2D eigenvalue weighted by molar-refractivity contribution is 5.93. The molecule has 2 aromatic rings. The van der Waals surface area contributed by atoms with E-state index in [0.717, 1.165) is 5.56 Å². The standard InChI is InChI=1S/C16H16N2O4/c1-16(2)13(18-9-17-8-12(18)15(20)21-3)10-6-4-5-7-11(10)14(19)22-16/h4-9,13H,1-3H3/t13-/m0/s1. The largest absolute Gasteiger partial charge is 0.464 e. The third kappa shape index (κ3) is 2.07. The van der Waals surface area contributed by atoms with Crippen molar-refractivity contribution in [1.29, 1.82) is 0 Å². The molecule has 1 aliphatic rings. The highest BCUT2D eigenvalue weighted by Gasteiger charge is 2.43. The molecule has 0 amide bonds. The van der Waals surface area contributed by atoms with Crippen LogP contribution in [-0.2, 0) is 9.47 Å². The zero-order chi connectivity index (χ0) is 15.9. The molecule has 0 aliphatic carbocycles. The van der Waals surface area contributed by atoms with E-state index in [2.05, 4.69) is 4.98 Å². The molecule has 3 rings (SSSR count). The number of aromatic nitrogens is 2. The molecule has 6 heteroatoms. The van der Waals surface area contributed by atoms with Crippen LogP contribution in [0.1, 0.15) is 46.3 Å². The maximum absolute atomic E-state index is 12.2. The monoisotopic (exact) mass is 300 g/mol. The van der Waals surface area contributed by atoms with Crippen LogP contribution in [-0.4, -0.2) is 34.2 Å². The third-order valence-corrected chi connectivity index (χ3v) is 3.83. The van der Waals surface area contributed by atoms with Gasteiger partial charge in [-0.3, -0.25) is 0 Å². The van der Waals surface area contributed by atoms with Crippen LogP contribution in [0.5, 0.6) is 0 Å². The minimum Gasteiger partial charge on any atom is -0.464 e. The number of benzene rings is 1. The second kappa shape index (κ2) is 4.98. The van der Waals surface area contributed by atoms with Gasteiger partial charge in [0, 0.05) is 0 Å². The zero-order valence-corrected chi connectivity index (χ0v) is 12.6. The molecule has 22 heavy (non-hydrogen) atoms. The number of hydrogen-bond donors (Lipinski definition) is 0. The average molecular weight is 300 g/mol. The fourth-order valence-electron chi connectivity index (χ4n) is 2.90. The fourth-order valence-corrected chi connectivity index (χ4v) is 2.90. The van der Waals surface area contributed by atoms with Crippen molar-refractivity contribution in [3.8, 4) is 0 Å². The van der Waals surface area contributed by atoms with Gasteiger partial charge in [0.15, 0.2) is 0 Å². The topological polar surface area (TPSA) is 70.4 Å². The minimum atomic E-state index is -0.824. The van der Waals surface area contributed by atoms with Crippen LogP contribution in [0.3, 0.4) is 0 Å². The number of hydrogen-bond acceptors (Lipinski definition) is 5. The van der Waals surface area contributed by atoms with Crippen LogP contribution in [0.15, 0.2) is 36.8 Å². The Kier molecular flexibility index (Phi) is 3.24. The molecule has 1 aromatic heterocycles. The van der Waals surface area contributed by atoms with Crippen molar-refractivity contribution < 1.29 is 19.1 Å². The number of fused-ring (bicyclic) bond motifs is 1. The minimum absolute atomic E-state index is 0.313. The van der Waals surface area contributed by atoms with E-state index in [1.54, 1.807) is 23.0 Å². The average Bonchev–Trinajstić information content (AvgIpc) is 2.94. The lowest BCUT2D eigenvalue weighted by molar-refractivity contribution is -0.0265.